The normalized spacial score (nSPS) is 14.1. The number of anilines is 2. The van der Waals surface area contributed by atoms with Gasteiger partial charge in [0.15, 0.2) is 11.5 Å². The van der Waals surface area contributed by atoms with Gasteiger partial charge in [-0.1, -0.05) is 46.9 Å². The summed E-state index contributed by atoms with van der Waals surface area (Å²) in [6.45, 7) is 4.19. The third kappa shape index (κ3) is 6.17. The van der Waals surface area contributed by atoms with Gasteiger partial charge >= 0.3 is 0 Å². The van der Waals surface area contributed by atoms with E-state index in [-0.39, 0.29) is 6.61 Å². The molecule has 1 atom stereocenters. The smallest absolute Gasteiger partial charge is 0.255 e. The monoisotopic (exact) mass is 643 g/mol. The molecule has 1 aromatic heterocycles. The summed E-state index contributed by atoms with van der Waals surface area (Å²) in [6, 6.07) is 13.2. The zero-order valence-electron chi connectivity index (χ0n) is 23.7. The van der Waals surface area contributed by atoms with Crippen LogP contribution in [-0.2, 0) is 11.4 Å². The number of hydrogen-bond donors (Lipinski definition) is 2. The quantitative estimate of drug-likeness (QED) is 0.187. The Hall–Kier alpha value is -4.12. The summed E-state index contributed by atoms with van der Waals surface area (Å²) in [5, 5.41) is 11.9. The van der Waals surface area contributed by atoms with E-state index >= 15 is 0 Å². The van der Waals surface area contributed by atoms with E-state index in [9.17, 15) is 4.79 Å². The van der Waals surface area contributed by atoms with Crippen LogP contribution in [0.1, 0.15) is 31.0 Å². The Kier molecular flexibility index (Phi) is 9.19. The molecule has 13 heteroatoms. The molecule has 0 bridgehead atoms. The van der Waals surface area contributed by atoms with Crippen molar-refractivity contribution in [3.63, 3.8) is 0 Å². The average molecular weight is 645 g/mol. The van der Waals surface area contributed by atoms with Crippen LogP contribution in [-0.4, -0.2) is 41.5 Å². The lowest BCUT2D eigenvalue weighted by molar-refractivity contribution is -0.113. The number of allylic oxidation sites excluding steroid dienone is 1. The van der Waals surface area contributed by atoms with Crippen molar-refractivity contribution in [1.29, 1.82) is 0 Å². The van der Waals surface area contributed by atoms with Gasteiger partial charge < -0.3 is 29.6 Å². The maximum absolute atomic E-state index is 14.0. The maximum atomic E-state index is 14.0. The van der Waals surface area contributed by atoms with Crippen molar-refractivity contribution in [3.05, 3.63) is 92.3 Å². The fraction of sp³-hybridized carbons (Fsp3) is 0.233. The van der Waals surface area contributed by atoms with Gasteiger partial charge in [0.05, 0.1) is 37.1 Å². The largest absolute Gasteiger partial charge is 0.495 e. The van der Waals surface area contributed by atoms with Gasteiger partial charge in [0.1, 0.15) is 30.5 Å². The van der Waals surface area contributed by atoms with Crippen LogP contribution in [0.15, 0.2) is 66.1 Å². The molecule has 0 fully saturated rings. The summed E-state index contributed by atoms with van der Waals surface area (Å²) in [5.74, 6) is 1.80. The van der Waals surface area contributed by atoms with Gasteiger partial charge in [0.25, 0.3) is 5.91 Å². The van der Waals surface area contributed by atoms with E-state index < -0.39 is 11.9 Å². The number of halogens is 3. The molecule has 2 heterocycles. The van der Waals surface area contributed by atoms with Crippen molar-refractivity contribution in [2.75, 3.05) is 31.5 Å². The minimum atomic E-state index is -0.662. The molecule has 0 spiro atoms. The predicted molar refractivity (Wildman–Crippen MR) is 166 cm³/mol. The number of benzene rings is 3. The topological polar surface area (TPSA) is 109 Å². The fourth-order valence-electron chi connectivity index (χ4n) is 4.74. The number of methoxy groups -OCH3 is 2. The Labute approximate surface area is 263 Å². The molecular formula is C30H28Cl3N5O5. The Bertz CT molecular complexity index is 1690. The van der Waals surface area contributed by atoms with Crippen molar-refractivity contribution in [2.45, 2.75) is 26.5 Å². The van der Waals surface area contributed by atoms with Crippen LogP contribution in [0.4, 0.5) is 11.6 Å². The number of carbonyl (C=O) groups excluding carboxylic acids is 1. The second-order valence-corrected chi connectivity index (χ2v) is 10.6. The lowest BCUT2D eigenvalue weighted by Crippen LogP contribution is -2.31. The molecule has 224 valence electrons. The van der Waals surface area contributed by atoms with E-state index in [1.807, 2.05) is 19.1 Å². The van der Waals surface area contributed by atoms with Crippen molar-refractivity contribution < 1.29 is 23.7 Å². The van der Waals surface area contributed by atoms with E-state index in [1.165, 1.54) is 20.5 Å². The van der Waals surface area contributed by atoms with Crippen molar-refractivity contribution in [3.8, 4) is 23.0 Å². The second kappa shape index (κ2) is 13.0. The molecule has 1 amide bonds. The van der Waals surface area contributed by atoms with Gasteiger partial charge in [-0.05, 0) is 43.7 Å². The standard InChI is InChI=1S/C30H28Cl3N5O5/c1-5-42-26-11-17(9-10-23(26)43-14-18-19(31)7-6-8-20(18)32)28-27(16(2)36-30-34-15-35-38(28)30)29(39)37-22-13-24(40-3)21(33)12-25(22)41-4/h6-13,15,28H,5,14H2,1-4H3,(H,37,39)(H,34,35,36)/t28-/m1/s1. The Morgan fingerprint density at radius 2 is 1.70 bits per heavy atom. The minimum Gasteiger partial charge on any atom is -0.495 e. The van der Waals surface area contributed by atoms with Gasteiger partial charge in [-0.3, -0.25) is 4.79 Å². The van der Waals surface area contributed by atoms with Crippen molar-refractivity contribution in [1.82, 2.24) is 14.8 Å². The fourth-order valence-corrected chi connectivity index (χ4v) is 5.48. The third-order valence-corrected chi connectivity index (χ3v) is 7.78. The van der Waals surface area contributed by atoms with Gasteiger partial charge in [0.2, 0.25) is 5.95 Å². The molecule has 0 unspecified atom stereocenters. The van der Waals surface area contributed by atoms with Crippen LogP contribution in [0, 0.1) is 0 Å². The van der Waals surface area contributed by atoms with Crippen LogP contribution in [0.3, 0.4) is 0 Å². The molecule has 43 heavy (non-hydrogen) atoms. The molecule has 1 aliphatic rings. The number of aromatic nitrogens is 3. The highest BCUT2D eigenvalue weighted by Crippen LogP contribution is 2.41. The van der Waals surface area contributed by atoms with Crippen molar-refractivity contribution >= 4 is 52.3 Å². The lowest BCUT2D eigenvalue weighted by Gasteiger charge is -2.29. The highest BCUT2D eigenvalue weighted by molar-refractivity contribution is 6.36. The molecule has 5 rings (SSSR count). The van der Waals surface area contributed by atoms with Crippen LogP contribution in [0.2, 0.25) is 15.1 Å². The van der Waals surface area contributed by atoms with E-state index in [0.29, 0.717) is 78.7 Å². The van der Waals surface area contributed by atoms with E-state index in [4.69, 9.17) is 53.8 Å². The second-order valence-electron chi connectivity index (χ2n) is 9.36. The first-order valence-corrected chi connectivity index (χ1v) is 14.3. The number of fused-ring (bicyclic) bond motifs is 1. The van der Waals surface area contributed by atoms with Crippen LogP contribution in [0.5, 0.6) is 23.0 Å². The van der Waals surface area contributed by atoms with Gasteiger partial charge in [0, 0.05) is 33.4 Å². The average Bonchev–Trinajstić information content (AvgIpc) is 3.45. The number of nitrogens with zero attached hydrogens (tertiary/aromatic N) is 3. The Morgan fingerprint density at radius 3 is 2.40 bits per heavy atom. The number of ether oxygens (including phenoxy) is 4. The number of hydrogen-bond acceptors (Lipinski definition) is 8. The number of carbonyl (C=O) groups is 1. The molecule has 0 saturated heterocycles. The number of rotatable bonds is 10. The third-order valence-electron chi connectivity index (χ3n) is 6.78. The molecule has 4 aromatic rings. The van der Waals surface area contributed by atoms with Gasteiger partial charge in [-0.15, -0.1) is 0 Å². The SMILES string of the molecule is CCOc1cc([C@@H]2C(C(=O)Nc3cc(OC)c(Cl)cc3OC)=C(C)Nc3ncnn32)ccc1OCc1c(Cl)cccc1Cl. The molecule has 1 aliphatic heterocycles. The summed E-state index contributed by atoms with van der Waals surface area (Å²) in [4.78, 5) is 18.3. The van der Waals surface area contributed by atoms with Gasteiger partial charge in [-0.25, -0.2) is 4.68 Å². The summed E-state index contributed by atoms with van der Waals surface area (Å²) in [7, 11) is 2.98. The lowest BCUT2D eigenvalue weighted by atomic mass is 9.94. The maximum Gasteiger partial charge on any atom is 0.255 e. The molecule has 2 N–H and O–H groups in total. The Morgan fingerprint density at radius 1 is 0.953 bits per heavy atom. The zero-order valence-corrected chi connectivity index (χ0v) is 26.0. The highest BCUT2D eigenvalue weighted by Gasteiger charge is 2.34. The molecule has 0 aliphatic carbocycles. The van der Waals surface area contributed by atoms with E-state index in [0.717, 1.165) is 0 Å². The van der Waals surface area contributed by atoms with Gasteiger partial charge in [-0.2, -0.15) is 10.1 Å². The molecule has 10 nitrogen and oxygen atoms in total. The molecular weight excluding hydrogens is 617 g/mol. The summed E-state index contributed by atoms with van der Waals surface area (Å²) < 4.78 is 24.5. The summed E-state index contributed by atoms with van der Waals surface area (Å²) in [6.07, 6.45) is 1.42. The predicted octanol–water partition coefficient (Wildman–Crippen LogP) is 7.16. The molecule has 0 saturated carbocycles. The summed E-state index contributed by atoms with van der Waals surface area (Å²) in [5.41, 5.74) is 2.75. The minimum absolute atomic E-state index is 0.136. The summed E-state index contributed by atoms with van der Waals surface area (Å²) >= 11 is 19.0. The zero-order chi connectivity index (χ0) is 30.7. The van der Waals surface area contributed by atoms with Crippen LogP contribution < -0.4 is 29.6 Å². The molecule has 3 aromatic carbocycles. The number of amides is 1. The van der Waals surface area contributed by atoms with Crippen LogP contribution >= 0.6 is 34.8 Å². The number of nitrogens with one attached hydrogen (secondary N) is 2. The first kappa shape index (κ1) is 30.3. The first-order chi connectivity index (χ1) is 20.7. The van der Waals surface area contributed by atoms with E-state index in [2.05, 4.69) is 20.7 Å². The van der Waals surface area contributed by atoms with E-state index in [1.54, 1.807) is 48.0 Å². The van der Waals surface area contributed by atoms with Crippen LogP contribution in [0.25, 0.3) is 0 Å². The Balaban J connectivity index is 1.51. The molecule has 0 radical (unpaired) electrons. The van der Waals surface area contributed by atoms with Crippen molar-refractivity contribution in [2.24, 2.45) is 0 Å². The highest BCUT2D eigenvalue weighted by atomic mass is 35.5. The first-order valence-electron chi connectivity index (χ1n) is 13.2.